The number of carbonyl (C=O) groups is 2. The molecule has 0 aromatic heterocycles. The van der Waals surface area contributed by atoms with Gasteiger partial charge < -0.3 is 14.6 Å². The van der Waals surface area contributed by atoms with Gasteiger partial charge in [0.2, 0.25) is 0 Å². The number of esters is 2. The van der Waals surface area contributed by atoms with E-state index in [1.807, 2.05) is 13.0 Å². The number of aliphatic hydroxyl groups excluding tert-OH is 1. The van der Waals surface area contributed by atoms with Crippen LogP contribution in [-0.4, -0.2) is 35.4 Å². The van der Waals surface area contributed by atoms with Gasteiger partial charge in [0.05, 0.1) is 12.0 Å². The molecule has 0 amide bonds. The summed E-state index contributed by atoms with van der Waals surface area (Å²) in [5, 5.41) is 10.2. The first-order valence-corrected chi connectivity index (χ1v) is 8.50. The molecule has 0 radical (unpaired) electrons. The maximum absolute atomic E-state index is 12.3. The van der Waals surface area contributed by atoms with Crippen LogP contribution in [0.3, 0.4) is 0 Å². The van der Waals surface area contributed by atoms with E-state index in [2.05, 4.69) is 6.58 Å². The molecule has 2 rings (SSSR count). The van der Waals surface area contributed by atoms with Gasteiger partial charge in [-0.1, -0.05) is 24.3 Å². The highest BCUT2D eigenvalue weighted by atomic mass is 16.6. The molecular weight excluding hydrogens is 320 g/mol. The molecule has 0 aromatic rings. The quantitative estimate of drug-likeness (QED) is 0.473. The SMILES string of the molecule is C=C1C(=O)O[C@H]2/C=C(\C)C(O)C/C=C(\C)CC(OC(=O)/C(C)=C\C)[C@@H]12. The van der Waals surface area contributed by atoms with E-state index in [9.17, 15) is 14.7 Å². The predicted molar refractivity (Wildman–Crippen MR) is 94.6 cm³/mol. The maximum Gasteiger partial charge on any atom is 0.334 e. The van der Waals surface area contributed by atoms with Crippen molar-refractivity contribution in [2.45, 2.75) is 58.8 Å². The van der Waals surface area contributed by atoms with Crippen molar-refractivity contribution < 1.29 is 24.2 Å². The monoisotopic (exact) mass is 346 g/mol. The molecule has 5 nitrogen and oxygen atoms in total. The molecule has 5 heteroatoms. The Kier molecular flexibility index (Phi) is 6.01. The highest BCUT2D eigenvalue weighted by molar-refractivity contribution is 5.92. The van der Waals surface area contributed by atoms with Crippen LogP contribution in [-0.2, 0) is 19.1 Å². The van der Waals surface area contributed by atoms with Gasteiger partial charge in [0.25, 0.3) is 0 Å². The van der Waals surface area contributed by atoms with Crippen molar-refractivity contribution in [3.05, 3.63) is 47.1 Å². The van der Waals surface area contributed by atoms with E-state index in [1.165, 1.54) is 0 Å². The van der Waals surface area contributed by atoms with Gasteiger partial charge in [0, 0.05) is 17.6 Å². The Morgan fingerprint density at radius 1 is 1.44 bits per heavy atom. The lowest BCUT2D eigenvalue weighted by molar-refractivity contribution is -0.147. The van der Waals surface area contributed by atoms with Crippen molar-refractivity contribution in [3.63, 3.8) is 0 Å². The summed E-state index contributed by atoms with van der Waals surface area (Å²) in [6.07, 6.45) is 4.51. The Labute approximate surface area is 148 Å². The number of fused-ring (bicyclic) bond motifs is 1. The minimum Gasteiger partial charge on any atom is -0.458 e. The fourth-order valence-corrected chi connectivity index (χ4v) is 3.04. The molecule has 4 atom stereocenters. The highest BCUT2D eigenvalue weighted by Gasteiger charge is 2.44. The third kappa shape index (κ3) is 4.28. The molecule has 1 aliphatic heterocycles. The number of rotatable bonds is 2. The van der Waals surface area contributed by atoms with E-state index >= 15 is 0 Å². The van der Waals surface area contributed by atoms with E-state index in [1.54, 1.807) is 32.9 Å². The fourth-order valence-electron chi connectivity index (χ4n) is 3.04. The Morgan fingerprint density at radius 3 is 2.76 bits per heavy atom. The second-order valence-electron chi connectivity index (χ2n) is 6.75. The fraction of sp³-hybridized carbons (Fsp3) is 0.500. The van der Waals surface area contributed by atoms with Crippen molar-refractivity contribution in [1.29, 1.82) is 0 Å². The topological polar surface area (TPSA) is 72.8 Å². The minimum absolute atomic E-state index is 0.299. The number of ether oxygens (including phenoxy) is 2. The van der Waals surface area contributed by atoms with Crippen LogP contribution in [0, 0.1) is 5.92 Å². The molecule has 1 heterocycles. The number of aliphatic hydroxyl groups is 1. The van der Waals surface area contributed by atoms with Crippen LogP contribution in [0.5, 0.6) is 0 Å². The predicted octanol–water partition coefficient (Wildman–Crippen LogP) is 3.01. The Balaban J connectivity index is 2.42. The molecule has 1 N–H and O–H groups in total. The second kappa shape index (κ2) is 7.83. The maximum atomic E-state index is 12.3. The lowest BCUT2D eigenvalue weighted by Gasteiger charge is -2.28. The molecule has 136 valence electrons. The van der Waals surface area contributed by atoms with Crippen molar-refractivity contribution in [1.82, 2.24) is 0 Å². The highest BCUT2D eigenvalue weighted by Crippen LogP contribution is 2.36. The first kappa shape index (κ1) is 19.2. The summed E-state index contributed by atoms with van der Waals surface area (Å²) in [4.78, 5) is 24.3. The van der Waals surface area contributed by atoms with E-state index in [-0.39, 0.29) is 0 Å². The van der Waals surface area contributed by atoms with Gasteiger partial charge in [-0.3, -0.25) is 0 Å². The molecule has 0 saturated carbocycles. The van der Waals surface area contributed by atoms with Gasteiger partial charge in [0.15, 0.2) is 0 Å². The normalized spacial score (nSPS) is 35.0. The van der Waals surface area contributed by atoms with Crippen molar-refractivity contribution >= 4 is 11.9 Å². The summed E-state index contributed by atoms with van der Waals surface area (Å²) in [5.74, 6) is -1.37. The van der Waals surface area contributed by atoms with Crippen LogP contribution >= 0.6 is 0 Å². The van der Waals surface area contributed by atoms with Crippen molar-refractivity contribution in [2.24, 2.45) is 5.92 Å². The van der Waals surface area contributed by atoms with Crippen LogP contribution in [0.2, 0.25) is 0 Å². The van der Waals surface area contributed by atoms with Crippen LogP contribution in [0.1, 0.15) is 40.5 Å². The molecule has 2 unspecified atom stereocenters. The van der Waals surface area contributed by atoms with Gasteiger partial charge in [-0.05, 0) is 45.8 Å². The largest absolute Gasteiger partial charge is 0.458 e. The zero-order valence-corrected chi connectivity index (χ0v) is 15.2. The number of hydrogen-bond acceptors (Lipinski definition) is 5. The summed E-state index contributed by atoms with van der Waals surface area (Å²) in [6, 6.07) is 0. The van der Waals surface area contributed by atoms with E-state index in [0.717, 1.165) is 11.1 Å². The average molecular weight is 346 g/mol. The summed E-state index contributed by atoms with van der Waals surface area (Å²) < 4.78 is 11.1. The van der Waals surface area contributed by atoms with Crippen LogP contribution < -0.4 is 0 Å². The Hall–Kier alpha value is -2.14. The van der Waals surface area contributed by atoms with Crippen LogP contribution in [0.15, 0.2) is 47.1 Å². The smallest absolute Gasteiger partial charge is 0.334 e. The Bertz CT molecular complexity index is 668. The lowest BCUT2D eigenvalue weighted by atomic mass is 9.85. The average Bonchev–Trinajstić information content (AvgIpc) is 2.84. The van der Waals surface area contributed by atoms with Gasteiger partial charge in [-0.2, -0.15) is 0 Å². The van der Waals surface area contributed by atoms with Crippen LogP contribution in [0.4, 0.5) is 0 Å². The molecule has 2 aliphatic rings. The molecule has 1 fully saturated rings. The molecule has 1 aliphatic carbocycles. The van der Waals surface area contributed by atoms with E-state index < -0.39 is 36.2 Å². The molecule has 25 heavy (non-hydrogen) atoms. The third-order valence-corrected chi connectivity index (χ3v) is 4.84. The number of allylic oxidation sites excluding steroid dienone is 1. The van der Waals surface area contributed by atoms with Crippen molar-refractivity contribution in [3.8, 4) is 0 Å². The van der Waals surface area contributed by atoms with Crippen LogP contribution in [0.25, 0.3) is 0 Å². The second-order valence-corrected chi connectivity index (χ2v) is 6.75. The van der Waals surface area contributed by atoms with Gasteiger partial charge in [-0.15, -0.1) is 0 Å². The van der Waals surface area contributed by atoms with Crippen molar-refractivity contribution in [2.75, 3.05) is 0 Å². The van der Waals surface area contributed by atoms with E-state index in [4.69, 9.17) is 9.47 Å². The molecule has 0 spiro atoms. The Morgan fingerprint density at radius 2 is 2.12 bits per heavy atom. The first-order valence-electron chi connectivity index (χ1n) is 8.50. The molecule has 0 bridgehead atoms. The van der Waals surface area contributed by atoms with Gasteiger partial charge in [-0.25, -0.2) is 9.59 Å². The van der Waals surface area contributed by atoms with Gasteiger partial charge >= 0.3 is 11.9 Å². The summed E-state index contributed by atoms with van der Waals surface area (Å²) in [5.41, 5.74) is 2.51. The summed E-state index contributed by atoms with van der Waals surface area (Å²) in [7, 11) is 0. The summed E-state index contributed by atoms with van der Waals surface area (Å²) >= 11 is 0. The minimum atomic E-state index is -0.632. The van der Waals surface area contributed by atoms with Gasteiger partial charge in [0.1, 0.15) is 12.2 Å². The zero-order chi connectivity index (χ0) is 18.7. The first-order chi connectivity index (χ1) is 11.7. The number of carbonyl (C=O) groups excluding carboxylic acids is 2. The number of hydrogen-bond donors (Lipinski definition) is 1. The standard InChI is InChI=1S/C20H26O5/c1-6-12(3)19(22)24-16-9-11(2)7-8-15(21)13(4)10-17-18(16)14(5)20(23)25-17/h6-7,10,15-18,21H,5,8-9H2,1-4H3/b11-7+,12-6-,13-10+/t15?,16?,17-,18+/m0/s1. The lowest BCUT2D eigenvalue weighted by Crippen LogP contribution is -2.34. The molecule has 0 aromatic carbocycles. The van der Waals surface area contributed by atoms with E-state index in [0.29, 0.717) is 24.0 Å². The zero-order valence-electron chi connectivity index (χ0n) is 15.2. The third-order valence-electron chi connectivity index (χ3n) is 4.84. The summed E-state index contributed by atoms with van der Waals surface area (Å²) in [6.45, 7) is 11.0. The molecular formula is C20H26O5. The molecule has 1 saturated heterocycles.